The van der Waals surface area contributed by atoms with Crippen molar-refractivity contribution in [2.45, 2.75) is 96.9 Å². The third-order valence-corrected chi connectivity index (χ3v) is 8.98. The lowest BCUT2D eigenvalue weighted by Gasteiger charge is -2.33. The number of carbonyl (C=O) groups is 2. The first-order valence-electron chi connectivity index (χ1n) is 15.3. The molecule has 3 aromatic rings. The molecule has 2 aliphatic rings. The zero-order valence-corrected chi connectivity index (χ0v) is 26.5. The van der Waals surface area contributed by atoms with Crippen molar-refractivity contribution in [3.8, 4) is 0 Å². The fraction of sp³-hybridized carbons (Fsp3) is 0.486. The number of halogens is 1. The van der Waals surface area contributed by atoms with E-state index in [2.05, 4.69) is 0 Å². The van der Waals surface area contributed by atoms with Crippen LogP contribution in [0.5, 0.6) is 0 Å². The van der Waals surface area contributed by atoms with E-state index in [-0.39, 0.29) is 30.0 Å². The minimum atomic E-state index is -0.530. The number of benzene rings is 3. The average Bonchev–Trinajstić information content (AvgIpc) is 3.17. The van der Waals surface area contributed by atoms with Crippen molar-refractivity contribution in [2.75, 3.05) is 13.1 Å². The van der Waals surface area contributed by atoms with Gasteiger partial charge in [-0.15, -0.1) is 0 Å². The first-order chi connectivity index (χ1) is 20.1. The number of amides is 1. The third kappa shape index (κ3) is 6.81. The van der Waals surface area contributed by atoms with Crippen LogP contribution in [0.15, 0.2) is 54.6 Å². The Hall–Kier alpha value is -3.23. The minimum absolute atomic E-state index is 0.00743. The number of hydrogen-bond donors (Lipinski definition) is 0. The van der Waals surface area contributed by atoms with Gasteiger partial charge in [-0.25, -0.2) is 4.39 Å². The molecule has 0 saturated carbocycles. The molecule has 3 aromatic carbocycles. The van der Waals surface area contributed by atoms with Crippen LogP contribution in [0.25, 0.3) is 10.8 Å². The molecule has 228 valence electrons. The Balaban J connectivity index is 1.27. The number of rotatable bonds is 6. The lowest BCUT2D eigenvalue weighted by Crippen LogP contribution is -2.41. The molecule has 0 spiro atoms. The van der Waals surface area contributed by atoms with Crippen LogP contribution in [0.1, 0.15) is 95.1 Å². The number of ether oxygens (including phenoxy) is 1. The van der Waals surface area contributed by atoms with Gasteiger partial charge in [0.2, 0.25) is 0 Å². The summed E-state index contributed by atoms with van der Waals surface area (Å²) in [6, 6.07) is 16.9. The lowest BCUT2D eigenvalue weighted by atomic mass is 9.78. The predicted octanol–water partition coefficient (Wildman–Crippen LogP) is 6.57. The number of nitrogens with zero attached hydrogens (tertiary/aromatic N) is 1. The van der Waals surface area contributed by atoms with Crippen molar-refractivity contribution >= 4 is 35.2 Å². The van der Waals surface area contributed by atoms with E-state index in [1.807, 2.05) is 95.8 Å². The smallest absolute Gasteiger partial charge is 0.460 e. The third-order valence-electron chi connectivity index (χ3n) is 8.98. The van der Waals surface area contributed by atoms with Crippen LogP contribution >= 0.6 is 0 Å². The van der Waals surface area contributed by atoms with Crippen molar-refractivity contribution in [1.82, 2.24) is 4.90 Å². The van der Waals surface area contributed by atoms with Gasteiger partial charge in [0.1, 0.15) is 11.4 Å². The first kappa shape index (κ1) is 31.2. The van der Waals surface area contributed by atoms with Gasteiger partial charge in [0.05, 0.1) is 11.2 Å². The first-order valence-corrected chi connectivity index (χ1v) is 15.3. The normalized spacial score (nSPS) is 18.7. The van der Waals surface area contributed by atoms with Gasteiger partial charge in [-0.05, 0) is 113 Å². The molecule has 2 heterocycles. The Morgan fingerprint density at radius 1 is 0.977 bits per heavy atom. The molecule has 6 nitrogen and oxygen atoms in total. The Bertz CT molecular complexity index is 1500. The number of likely N-dealkylation sites (tertiary alicyclic amines) is 1. The Kier molecular flexibility index (Phi) is 8.49. The van der Waals surface area contributed by atoms with E-state index in [4.69, 9.17) is 14.0 Å². The van der Waals surface area contributed by atoms with Gasteiger partial charge in [-0.2, -0.15) is 0 Å². The second kappa shape index (κ2) is 11.7. The molecule has 1 amide bonds. The Morgan fingerprint density at radius 3 is 2.30 bits per heavy atom. The highest BCUT2D eigenvalue weighted by Crippen LogP contribution is 2.37. The number of esters is 1. The van der Waals surface area contributed by atoms with Gasteiger partial charge < -0.3 is 18.9 Å². The van der Waals surface area contributed by atoms with Gasteiger partial charge in [-0.3, -0.25) is 9.59 Å². The molecule has 0 aliphatic carbocycles. The number of piperidine rings is 1. The van der Waals surface area contributed by atoms with E-state index in [9.17, 15) is 14.0 Å². The summed E-state index contributed by atoms with van der Waals surface area (Å²) in [5, 5.41) is 1.84. The maximum atomic E-state index is 14.9. The van der Waals surface area contributed by atoms with E-state index in [0.717, 1.165) is 21.8 Å². The van der Waals surface area contributed by atoms with Gasteiger partial charge in [0.15, 0.2) is 0 Å². The van der Waals surface area contributed by atoms with Crippen LogP contribution in [0.4, 0.5) is 4.39 Å². The zero-order chi connectivity index (χ0) is 31.2. The van der Waals surface area contributed by atoms with Crippen molar-refractivity contribution in [3.05, 3.63) is 77.1 Å². The van der Waals surface area contributed by atoms with E-state index < -0.39 is 23.9 Å². The zero-order valence-electron chi connectivity index (χ0n) is 26.5. The monoisotopic (exact) mass is 587 g/mol. The number of carbonyl (C=O) groups excluding carboxylic acids is 2. The SMILES string of the molecule is CC(C)(C)OC(=O)CCc1ccc(F)c(C2CCN(C(=O)c3cccc4ccc(B5OC(C)(C)C(C)(C)O5)cc34)CC2)c1. The fourth-order valence-electron chi connectivity index (χ4n) is 5.87. The number of aryl methyl sites for hydroxylation is 1. The van der Waals surface area contributed by atoms with Gasteiger partial charge in [0, 0.05) is 25.1 Å². The highest BCUT2D eigenvalue weighted by atomic mass is 19.1. The summed E-state index contributed by atoms with van der Waals surface area (Å²) >= 11 is 0. The van der Waals surface area contributed by atoms with Crippen LogP contribution in [0, 0.1) is 5.82 Å². The largest absolute Gasteiger partial charge is 0.494 e. The standard InChI is InChI=1S/C35H43BFNO5/c1-33(2,3)41-31(39)16-12-23-11-15-30(37)29(21-23)25-17-19-38(20-18-25)32(40)27-10-8-9-24-13-14-26(22-28(24)27)36-42-34(4,5)35(6,7)43-36/h8-11,13-15,21-22,25H,12,16-20H2,1-7H3. The summed E-state index contributed by atoms with van der Waals surface area (Å²) in [6.07, 6.45) is 2.08. The summed E-state index contributed by atoms with van der Waals surface area (Å²) < 4.78 is 32.9. The highest BCUT2D eigenvalue weighted by molar-refractivity contribution is 6.62. The van der Waals surface area contributed by atoms with Crippen molar-refractivity contribution < 1.29 is 28.0 Å². The number of hydrogen-bond acceptors (Lipinski definition) is 5. The second-order valence-corrected chi connectivity index (χ2v) is 13.9. The molecule has 0 unspecified atom stereocenters. The van der Waals surface area contributed by atoms with Gasteiger partial charge in [-0.1, -0.05) is 42.5 Å². The molecule has 2 aliphatic heterocycles. The van der Waals surface area contributed by atoms with Crippen LogP contribution in [-0.4, -0.2) is 53.8 Å². The summed E-state index contributed by atoms with van der Waals surface area (Å²) in [6.45, 7) is 14.7. The topological polar surface area (TPSA) is 65.1 Å². The van der Waals surface area contributed by atoms with E-state index >= 15 is 0 Å². The van der Waals surface area contributed by atoms with Crippen molar-refractivity contribution in [3.63, 3.8) is 0 Å². The van der Waals surface area contributed by atoms with Gasteiger partial charge in [0.25, 0.3) is 5.91 Å². The lowest BCUT2D eigenvalue weighted by molar-refractivity contribution is -0.154. The summed E-state index contributed by atoms with van der Waals surface area (Å²) in [7, 11) is -0.511. The number of fused-ring (bicyclic) bond motifs is 1. The summed E-state index contributed by atoms with van der Waals surface area (Å²) in [5.74, 6) is -0.522. The van der Waals surface area contributed by atoms with Gasteiger partial charge >= 0.3 is 13.1 Å². The maximum Gasteiger partial charge on any atom is 0.494 e. The highest BCUT2D eigenvalue weighted by Gasteiger charge is 2.51. The van der Waals surface area contributed by atoms with Crippen LogP contribution < -0.4 is 5.46 Å². The summed E-state index contributed by atoms with van der Waals surface area (Å²) in [5.41, 5.74) is 1.65. The molecule has 0 bridgehead atoms. The van der Waals surface area contributed by atoms with E-state index in [1.165, 1.54) is 6.07 Å². The van der Waals surface area contributed by atoms with Crippen molar-refractivity contribution in [1.29, 1.82) is 0 Å². The fourth-order valence-corrected chi connectivity index (χ4v) is 5.87. The van der Waals surface area contributed by atoms with Crippen LogP contribution in [-0.2, 0) is 25.3 Å². The van der Waals surface area contributed by atoms with Crippen LogP contribution in [0.3, 0.4) is 0 Å². The molecule has 0 N–H and O–H groups in total. The maximum absolute atomic E-state index is 14.9. The molecule has 0 radical (unpaired) electrons. The molecule has 2 fully saturated rings. The van der Waals surface area contributed by atoms with E-state index in [0.29, 0.717) is 43.5 Å². The minimum Gasteiger partial charge on any atom is -0.460 e. The molecule has 43 heavy (non-hydrogen) atoms. The molecular weight excluding hydrogens is 544 g/mol. The molecule has 8 heteroatoms. The summed E-state index contributed by atoms with van der Waals surface area (Å²) in [4.78, 5) is 27.9. The molecule has 0 aromatic heterocycles. The second-order valence-electron chi connectivity index (χ2n) is 13.9. The molecule has 2 saturated heterocycles. The van der Waals surface area contributed by atoms with Crippen molar-refractivity contribution in [2.24, 2.45) is 0 Å². The van der Waals surface area contributed by atoms with E-state index in [1.54, 1.807) is 6.07 Å². The Labute approximate surface area is 255 Å². The van der Waals surface area contributed by atoms with Crippen LogP contribution in [0.2, 0.25) is 0 Å². The molecular formula is C35H43BFNO5. The predicted molar refractivity (Wildman–Crippen MR) is 168 cm³/mol. The molecule has 0 atom stereocenters. The quantitative estimate of drug-likeness (QED) is 0.241. The molecule has 5 rings (SSSR count). The Morgan fingerprint density at radius 2 is 1.65 bits per heavy atom. The average molecular weight is 588 g/mol.